The van der Waals surface area contributed by atoms with E-state index in [0.29, 0.717) is 18.7 Å². The second-order valence-electron chi connectivity index (χ2n) is 5.56. The van der Waals surface area contributed by atoms with Gasteiger partial charge < -0.3 is 16.2 Å². The van der Waals surface area contributed by atoms with Crippen LogP contribution in [0.3, 0.4) is 0 Å². The van der Waals surface area contributed by atoms with Crippen LogP contribution in [0.2, 0.25) is 0 Å². The van der Waals surface area contributed by atoms with Gasteiger partial charge >= 0.3 is 6.09 Å². The van der Waals surface area contributed by atoms with E-state index in [4.69, 9.17) is 10.8 Å². The lowest BCUT2D eigenvalue weighted by atomic mass is 10.0. The highest BCUT2D eigenvalue weighted by atomic mass is 16.4. The summed E-state index contributed by atoms with van der Waals surface area (Å²) in [6.45, 7) is 0.379. The van der Waals surface area contributed by atoms with Crippen molar-refractivity contribution in [3.63, 3.8) is 0 Å². The Balaban J connectivity index is 1.75. The Kier molecular flexibility index (Phi) is 6.33. The molecule has 1 atom stereocenters. The first-order chi connectivity index (χ1) is 11.5. The van der Waals surface area contributed by atoms with Crippen molar-refractivity contribution in [3.05, 3.63) is 65.7 Å². The average molecular weight is 327 g/mol. The van der Waals surface area contributed by atoms with E-state index in [1.54, 1.807) is 24.3 Å². The van der Waals surface area contributed by atoms with Crippen LogP contribution in [-0.4, -0.2) is 23.1 Å². The normalized spacial score (nSPS) is 11.5. The molecule has 2 aromatic carbocycles. The van der Waals surface area contributed by atoms with E-state index in [1.807, 2.05) is 30.3 Å². The summed E-state index contributed by atoms with van der Waals surface area (Å²) < 4.78 is 0. The van der Waals surface area contributed by atoms with Gasteiger partial charge in [-0.2, -0.15) is 0 Å². The Morgan fingerprint density at radius 1 is 1.00 bits per heavy atom. The zero-order valence-corrected chi connectivity index (χ0v) is 13.2. The predicted molar refractivity (Wildman–Crippen MR) is 92.7 cm³/mol. The molecule has 0 saturated heterocycles. The van der Waals surface area contributed by atoms with E-state index in [0.717, 1.165) is 11.1 Å². The smallest absolute Gasteiger partial charge is 0.409 e. The van der Waals surface area contributed by atoms with Gasteiger partial charge in [-0.1, -0.05) is 42.5 Å². The Labute approximate surface area is 140 Å². The first kappa shape index (κ1) is 17.5. The molecule has 2 aromatic rings. The molecule has 2 amide bonds. The van der Waals surface area contributed by atoms with Crippen LogP contribution in [-0.2, 0) is 17.8 Å². The Morgan fingerprint density at radius 3 is 2.29 bits per heavy atom. The third kappa shape index (κ3) is 6.10. The fourth-order valence-electron chi connectivity index (χ4n) is 2.33. The minimum Gasteiger partial charge on any atom is -0.465 e. The molecule has 0 radical (unpaired) electrons. The summed E-state index contributed by atoms with van der Waals surface area (Å²) in [7, 11) is 0. The average Bonchev–Trinajstić information content (AvgIpc) is 2.54. The molecule has 0 aliphatic rings. The van der Waals surface area contributed by atoms with Gasteiger partial charge in [0.15, 0.2) is 0 Å². The third-order valence-corrected chi connectivity index (χ3v) is 3.48. The van der Waals surface area contributed by atoms with Gasteiger partial charge in [0.25, 0.3) is 0 Å². The summed E-state index contributed by atoms with van der Waals surface area (Å²) >= 11 is 0. The van der Waals surface area contributed by atoms with E-state index >= 15 is 0 Å². The van der Waals surface area contributed by atoms with Crippen molar-refractivity contribution in [2.45, 2.75) is 25.4 Å². The molecule has 0 saturated carbocycles. The van der Waals surface area contributed by atoms with Gasteiger partial charge in [0.05, 0.1) is 0 Å². The van der Waals surface area contributed by atoms with Crippen LogP contribution in [0.15, 0.2) is 54.6 Å². The first-order valence-corrected chi connectivity index (χ1v) is 7.68. The van der Waals surface area contributed by atoms with Crippen LogP contribution in [0.4, 0.5) is 10.5 Å². The van der Waals surface area contributed by atoms with Crippen molar-refractivity contribution >= 4 is 17.7 Å². The number of nitrogens with one attached hydrogen (secondary N) is 2. The number of carboxylic acid groups (broad SMARTS) is 1. The third-order valence-electron chi connectivity index (χ3n) is 3.48. The van der Waals surface area contributed by atoms with Crippen LogP contribution in [0, 0.1) is 0 Å². The molecule has 0 bridgehead atoms. The molecule has 2 rings (SSSR count). The van der Waals surface area contributed by atoms with Crippen LogP contribution < -0.4 is 16.4 Å². The van der Waals surface area contributed by atoms with Crippen molar-refractivity contribution < 1.29 is 14.7 Å². The van der Waals surface area contributed by atoms with Crippen LogP contribution in [0.25, 0.3) is 0 Å². The summed E-state index contributed by atoms with van der Waals surface area (Å²) in [4.78, 5) is 22.5. The molecule has 0 fully saturated rings. The molecule has 6 heteroatoms. The van der Waals surface area contributed by atoms with Gasteiger partial charge in [-0.3, -0.25) is 10.1 Å². The summed E-state index contributed by atoms with van der Waals surface area (Å²) in [5.74, 6) is -0.105. The lowest BCUT2D eigenvalue weighted by molar-refractivity contribution is -0.121. The minimum atomic E-state index is -1.11. The molecule has 0 aliphatic heterocycles. The minimum absolute atomic E-state index is 0.105. The number of hydrogen-bond acceptors (Lipinski definition) is 3. The van der Waals surface area contributed by atoms with Crippen LogP contribution >= 0.6 is 0 Å². The lowest BCUT2D eigenvalue weighted by Gasteiger charge is -2.12. The number of amides is 2. The quantitative estimate of drug-likeness (QED) is 0.626. The largest absolute Gasteiger partial charge is 0.465 e. The topological polar surface area (TPSA) is 104 Å². The number of rotatable bonds is 7. The van der Waals surface area contributed by atoms with Crippen molar-refractivity contribution in [2.24, 2.45) is 5.73 Å². The van der Waals surface area contributed by atoms with Crippen molar-refractivity contribution in [3.8, 4) is 0 Å². The second-order valence-corrected chi connectivity index (χ2v) is 5.56. The molecule has 126 valence electrons. The molecule has 0 aromatic heterocycles. The maximum Gasteiger partial charge on any atom is 0.409 e. The molecular formula is C18H21N3O3. The highest BCUT2D eigenvalue weighted by Crippen LogP contribution is 2.09. The number of anilines is 1. The van der Waals surface area contributed by atoms with Crippen LogP contribution in [0.5, 0.6) is 0 Å². The zero-order chi connectivity index (χ0) is 17.4. The number of carbonyl (C=O) groups excluding carboxylic acids is 1. The summed E-state index contributed by atoms with van der Waals surface area (Å²) in [6, 6.07) is 16.4. The van der Waals surface area contributed by atoms with Crippen molar-refractivity contribution in [1.29, 1.82) is 0 Å². The monoisotopic (exact) mass is 327 g/mol. The summed E-state index contributed by atoms with van der Waals surface area (Å²) in [6.07, 6.45) is -0.194. The molecule has 24 heavy (non-hydrogen) atoms. The zero-order valence-electron chi connectivity index (χ0n) is 13.2. The molecule has 5 N–H and O–H groups in total. The number of hydrogen-bond donors (Lipinski definition) is 4. The number of nitrogens with two attached hydrogens (primary N) is 1. The second kappa shape index (κ2) is 8.69. The molecule has 1 unspecified atom stereocenters. The lowest BCUT2D eigenvalue weighted by Crippen LogP contribution is -2.32. The molecule has 0 aliphatic carbocycles. The highest BCUT2D eigenvalue weighted by Gasteiger charge is 2.10. The molecule has 6 nitrogen and oxygen atoms in total. The predicted octanol–water partition coefficient (Wildman–Crippen LogP) is 2.35. The van der Waals surface area contributed by atoms with E-state index < -0.39 is 6.09 Å². The standard InChI is InChI=1S/C18H21N3O3/c19-15(10-13-4-2-1-3-5-13)11-17(22)20-12-14-6-8-16(9-7-14)21-18(23)24/h1-9,15,21H,10-12,19H2,(H,20,22)(H,23,24). The fourth-order valence-corrected chi connectivity index (χ4v) is 2.33. The molecule has 0 heterocycles. The van der Waals surface area contributed by atoms with Crippen molar-refractivity contribution in [2.75, 3.05) is 5.32 Å². The van der Waals surface area contributed by atoms with Crippen LogP contribution in [0.1, 0.15) is 17.5 Å². The summed E-state index contributed by atoms with van der Waals surface area (Å²) in [5, 5.41) is 13.7. The maximum absolute atomic E-state index is 11.9. The van der Waals surface area contributed by atoms with Gasteiger partial charge in [0, 0.05) is 24.7 Å². The van der Waals surface area contributed by atoms with Gasteiger partial charge in [-0.15, -0.1) is 0 Å². The van der Waals surface area contributed by atoms with Gasteiger partial charge in [-0.05, 0) is 29.7 Å². The molecule has 0 spiro atoms. The van der Waals surface area contributed by atoms with E-state index in [1.165, 1.54) is 0 Å². The number of carbonyl (C=O) groups is 2. The Bertz CT molecular complexity index is 672. The highest BCUT2D eigenvalue weighted by molar-refractivity contribution is 5.82. The Morgan fingerprint density at radius 2 is 1.67 bits per heavy atom. The summed E-state index contributed by atoms with van der Waals surface area (Å²) in [5.41, 5.74) is 8.50. The molecular weight excluding hydrogens is 306 g/mol. The first-order valence-electron chi connectivity index (χ1n) is 7.68. The van der Waals surface area contributed by atoms with E-state index in [2.05, 4.69) is 10.6 Å². The SMILES string of the molecule is NC(CC(=O)NCc1ccc(NC(=O)O)cc1)Cc1ccccc1. The fraction of sp³-hybridized carbons (Fsp3) is 0.222. The Hall–Kier alpha value is -2.86. The van der Waals surface area contributed by atoms with Crippen molar-refractivity contribution in [1.82, 2.24) is 5.32 Å². The van der Waals surface area contributed by atoms with Gasteiger partial charge in [0.2, 0.25) is 5.91 Å². The van der Waals surface area contributed by atoms with E-state index in [-0.39, 0.29) is 18.4 Å². The van der Waals surface area contributed by atoms with Gasteiger partial charge in [0.1, 0.15) is 0 Å². The number of benzene rings is 2. The maximum atomic E-state index is 11.9. The van der Waals surface area contributed by atoms with Gasteiger partial charge in [-0.25, -0.2) is 4.79 Å². The van der Waals surface area contributed by atoms with E-state index in [9.17, 15) is 9.59 Å².